The standard InChI is InChI=1S/C14H23N3S/c1-11-10-17-6-2-3-12(14(17)16-11)9-15-13-4-7-18-8-5-13/h10,12-13,15H,2-9H2,1H3. The minimum atomic E-state index is 0.627. The number of hydrogen-bond acceptors (Lipinski definition) is 3. The third-order valence-corrected chi connectivity index (χ3v) is 5.17. The Morgan fingerprint density at radius 1 is 1.39 bits per heavy atom. The van der Waals surface area contributed by atoms with Gasteiger partial charge in [0.25, 0.3) is 0 Å². The van der Waals surface area contributed by atoms with Gasteiger partial charge in [0.15, 0.2) is 0 Å². The summed E-state index contributed by atoms with van der Waals surface area (Å²) < 4.78 is 2.36. The molecule has 1 saturated heterocycles. The van der Waals surface area contributed by atoms with Crippen molar-refractivity contribution in [1.29, 1.82) is 0 Å². The topological polar surface area (TPSA) is 29.9 Å². The molecule has 0 saturated carbocycles. The molecule has 1 aromatic heterocycles. The second-order valence-electron chi connectivity index (χ2n) is 5.57. The molecule has 0 aromatic carbocycles. The summed E-state index contributed by atoms with van der Waals surface area (Å²) in [5.74, 6) is 4.60. The Morgan fingerprint density at radius 2 is 2.22 bits per heavy atom. The molecule has 0 amide bonds. The second kappa shape index (κ2) is 5.66. The van der Waals surface area contributed by atoms with Crippen molar-refractivity contribution in [3.8, 4) is 0 Å². The van der Waals surface area contributed by atoms with E-state index in [0.29, 0.717) is 5.92 Å². The summed E-state index contributed by atoms with van der Waals surface area (Å²) in [6.45, 7) is 4.38. The van der Waals surface area contributed by atoms with Crippen molar-refractivity contribution in [1.82, 2.24) is 14.9 Å². The van der Waals surface area contributed by atoms with Gasteiger partial charge in [-0.2, -0.15) is 11.8 Å². The Kier molecular flexibility index (Phi) is 3.94. The fraction of sp³-hybridized carbons (Fsp3) is 0.786. The van der Waals surface area contributed by atoms with Crippen molar-refractivity contribution in [3.05, 3.63) is 17.7 Å². The van der Waals surface area contributed by atoms with E-state index < -0.39 is 0 Å². The number of fused-ring (bicyclic) bond motifs is 1. The molecule has 3 heterocycles. The molecule has 0 spiro atoms. The maximum absolute atomic E-state index is 4.72. The Balaban J connectivity index is 1.59. The fourth-order valence-electron chi connectivity index (χ4n) is 3.11. The van der Waals surface area contributed by atoms with Gasteiger partial charge in [0, 0.05) is 31.2 Å². The zero-order valence-electron chi connectivity index (χ0n) is 11.2. The lowest BCUT2D eigenvalue weighted by Gasteiger charge is -2.28. The van der Waals surface area contributed by atoms with Crippen LogP contribution in [0.3, 0.4) is 0 Å². The molecular formula is C14H23N3S. The Morgan fingerprint density at radius 3 is 3.06 bits per heavy atom. The van der Waals surface area contributed by atoms with E-state index in [9.17, 15) is 0 Å². The van der Waals surface area contributed by atoms with E-state index in [1.165, 1.54) is 48.7 Å². The molecule has 100 valence electrons. The van der Waals surface area contributed by atoms with Gasteiger partial charge in [-0.05, 0) is 44.1 Å². The SMILES string of the molecule is Cc1cn2c(n1)C(CNC1CCSCC1)CCC2. The molecule has 1 atom stereocenters. The first-order valence-electron chi connectivity index (χ1n) is 7.18. The zero-order valence-corrected chi connectivity index (χ0v) is 12.0. The monoisotopic (exact) mass is 265 g/mol. The first-order chi connectivity index (χ1) is 8.83. The van der Waals surface area contributed by atoms with Gasteiger partial charge in [-0.15, -0.1) is 0 Å². The first kappa shape index (κ1) is 12.5. The van der Waals surface area contributed by atoms with E-state index in [2.05, 4.69) is 34.8 Å². The fourth-order valence-corrected chi connectivity index (χ4v) is 4.22. The average Bonchev–Trinajstić information content (AvgIpc) is 2.78. The highest BCUT2D eigenvalue weighted by atomic mass is 32.2. The Labute approximate surface area is 114 Å². The lowest BCUT2D eigenvalue weighted by atomic mass is 9.98. The minimum absolute atomic E-state index is 0.627. The van der Waals surface area contributed by atoms with Crippen molar-refractivity contribution in [3.63, 3.8) is 0 Å². The summed E-state index contributed by atoms with van der Waals surface area (Å²) in [4.78, 5) is 4.72. The predicted molar refractivity (Wildman–Crippen MR) is 77.3 cm³/mol. The molecule has 0 bridgehead atoms. The molecule has 1 aromatic rings. The van der Waals surface area contributed by atoms with Gasteiger partial charge >= 0.3 is 0 Å². The molecule has 0 radical (unpaired) electrons. The minimum Gasteiger partial charge on any atom is -0.334 e. The van der Waals surface area contributed by atoms with Crippen LogP contribution < -0.4 is 5.32 Å². The van der Waals surface area contributed by atoms with Crippen molar-refractivity contribution >= 4 is 11.8 Å². The Hall–Kier alpha value is -0.480. The number of nitrogens with one attached hydrogen (secondary N) is 1. The van der Waals surface area contributed by atoms with Crippen LogP contribution in [-0.4, -0.2) is 33.6 Å². The molecular weight excluding hydrogens is 242 g/mol. The molecule has 3 rings (SSSR count). The number of rotatable bonds is 3. The lowest BCUT2D eigenvalue weighted by molar-refractivity contribution is 0.390. The number of imidazole rings is 1. The molecule has 2 aliphatic heterocycles. The van der Waals surface area contributed by atoms with Gasteiger partial charge in [-0.25, -0.2) is 4.98 Å². The summed E-state index contributed by atoms with van der Waals surface area (Å²) in [6, 6.07) is 0.748. The third-order valence-electron chi connectivity index (χ3n) is 4.12. The lowest BCUT2D eigenvalue weighted by Crippen LogP contribution is -2.36. The number of aryl methyl sites for hydroxylation is 2. The molecule has 2 aliphatic rings. The van der Waals surface area contributed by atoms with Crippen LogP contribution in [0.5, 0.6) is 0 Å². The van der Waals surface area contributed by atoms with Gasteiger partial charge in [0.05, 0.1) is 5.69 Å². The highest BCUT2D eigenvalue weighted by molar-refractivity contribution is 7.99. The van der Waals surface area contributed by atoms with Crippen LogP contribution in [-0.2, 0) is 6.54 Å². The Bertz CT molecular complexity index is 396. The zero-order chi connectivity index (χ0) is 12.4. The van der Waals surface area contributed by atoms with E-state index in [4.69, 9.17) is 4.98 Å². The first-order valence-corrected chi connectivity index (χ1v) is 8.33. The molecule has 1 unspecified atom stereocenters. The van der Waals surface area contributed by atoms with Crippen molar-refractivity contribution in [2.24, 2.45) is 0 Å². The van der Waals surface area contributed by atoms with Crippen LogP contribution in [0, 0.1) is 6.92 Å². The molecule has 18 heavy (non-hydrogen) atoms. The molecule has 1 N–H and O–H groups in total. The predicted octanol–water partition coefficient (Wildman–Crippen LogP) is 2.55. The molecule has 3 nitrogen and oxygen atoms in total. The van der Waals surface area contributed by atoms with Crippen LogP contribution in [0.15, 0.2) is 6.20 Å². The number of nitrogens with zero attached hydrogens (tertiary/aromatic N) is 2. The summed E-state index contributed by atoms with van der Waals surface area (Å²) in [7, 11) is 0. The van der Waals surface area contributed by atoms with Crippen molar-refractivity contribution in [2.75, 3.05) is 18.1 Å². The van der Waals surface area contributed by atoms with E-state index in [1.54, 1.807) is 0 Å². The normalized spacial score (nSPS) is 25.1. The van der Waals surface area contributed by atoms with Gasteiger partial charge in [-0.3, -0.25) is 0 Å². The maximum atomic E-state index is 4.72. The van der Waals surface area contributed by atoms with Gasteiger partial charge < -0.3 is 9.88 Å². The van der Waals surface area contributed by atoms with Crippen LogP contribution in [0.2, 0.25) is 0 Å². The average molecular weight is 265 g/mol. The van der Waals surface area contributed by atoms with Crippen LogP contribution in [0.4, 0.5) is 0 Å². The smallest absolute Gasteiger partial charge is 0.113 e. The highest BCUT2D eigenvalue weighted by Crippen LogP contribution is 2.26. The third kappa shape index (κ3) is 2.75. The summed E-state index contributed by atoms with van der Waals surface area (Å²) >= 11 is 2.10. The van der Waals surface area contributed by atoms with Crippen LogP contribution in [0.1, 0.15) is 43.1 Å². The largest absolute Gasteiger partial charge is 0.334 e. The maximum Gasteiger partial charge on any atom is 0.113 e. The molecule has 1 fully saturated rings. The number of thioether (sulfide) groups is 1. The van der Waals surface area contributed by atoms with E-state index in [-0.39, 0.29) is 0 Å². The molecule has 0 aliphatic carbocycles. The van der Waals surface area contributed by atoms with Crippen LogP contribution >= 0.6 is 11.8 Å². The summed E-state index contributed by atoms with van der Waals surface area (Å²) in [5, 5.41) is 3.77. The quantitative estimate of drug-likeness (QED) is 0.911. The highest BCUT2D eigenvalue weighted by Gasteiger charge is 2.23. The number of hydrogen-bond donors (Lipinski definition) is 1. The van der Waals surface area contributed by atoms with E-state index >= 15 is 0 Å². The summed E-state index contributed by atoms with van der Waals surface area (Å²) in [6.07, 6.45) is 7.48. The second-order valence-corrected chi connectivity index (χ2v) is 6.79. The molecule has 4 heteroatoms. The van der Waals surface area contributed by atoms with Gasteiger partial charge in [0.1, 0.15) is 5.82 Å². The number of aromatic nitrogens is 2. The van der Waals surface area contributed by atoms with Crippen molar-refractivity contribution < 1.29 is 0 Å². The van der Waals surface area contributed by atoms with E-state index in [0.717, 1.165) is 19.1 Å². The van der Waals surface area contributed by atoms with E-state index in [1.807, 2.05) is 0 Å². The van der Waals surface area contributed by atoms with Crippen LogP contribution in [0.25, 0.3) is 0 Å². The van der Waals surface area contributed by atoms with Gasteiger partial charge in [-0.1, -0.05) is 0 Å². The summed E-state index contributed by atoms with van der Waals surface area (Å²) in [5.41, 5.74) is 1.17. The van der Waals surface area contributed by atoms with Gasteiger partial charge in [0.2, 0.25) is 0 Å². The van der Waals surface area contributed by atoms with Crippen molar-refractivity contribution in [2.45, 2.75) is 51.1 Å².